The third-order valence-corrected chi connectivity index (χ3v) is 5.08. The molecule has 28 heavy (non-hydrogen) atoms. The van der Waals surface area contributed by atoms with E-state index in [1.807, 2.05) is 47.4 Å². The molecule has 0 radical (unpaired) electrons. The number of likely N-dealkylation sites (tertiary alicyclic amines) is 1. The lowest BCUT2D eigenvalue weighted by molar-refractivity contribution is 0.0633. The highest BCUT2D eigenvalue weighted by molar-refractivity contribution is 5.97. The molecule has 1 amide bonds. The topological polar surface area (TPSA) is 60.2 Å². The van der Waals surface area contributed by atoms with Gasteiger partial charge in [-0.15, -0.1) is 0 Å². The monoisotopic (exact) mass is 376 g/mol. The molecule has 6 nitrogen and oxygen atoms in total. The zero-order chi connectivity index (χ0) is 19.3. The SMILES string of the molecule is Cc1cccc(OC[C@H]2CCCN(C(=O)c3ccccc3-n3cncn3)C2)c1. The molecule has 0 unspecified atom stereocenters. The lowest BCUT2D eigenvalue weighted by Gasteiger charge is -2.33. The first-order valence-electron chi connectivity index (χ1n) is 9.63. The third kappa shape index (κ3) is 4.06. The number of benzene rings is 2. The van der Waals surface area contributed by atoms with Gasteiger partial charge in [0, 0.05) is 19.0 Å². The Bertz CT molecular complexity index is 939. The lowest BCUT2D eigenvalue weighted by atomic mass is 9.98. The molecule has 0 spiro atoms. The Balaban J connectivity index is 1.44. The maximum Gasteiger partial charge on any atom is 0.256 e. The second-order valence-corrected chi connectivity index (χ2v) is 7.24. The second-order valence-electron chi connectivity index (χ2n) is 7.24. The number of carbonyl (C=O) groups is 1. The summed E-state index contributed by atoms with van der Waals surface area (Å²) in [6.45, 7) is 4.15. The van der Waals surface area contributed by atoms with Gasteiger partial charge < -0.3 is 9.64 Å². The highest BCUT2D eigenvalue weighted by Crippen LogP contribution is 2.23. The number of ether oxygens (including phenoxy) is 1. The molecule has 0 bridgehead atoms. The second kappa shape index (κ2) is 8.25. The minimum Gasteiger partial charge on any atom is -0.493 e. The van der Waals surface area contributed by atoms with Crippen molar-refractivity contribution in [2.45, 2.75) is 19.8 Å². The van der Waals surface area contributed by atoms with Gasteiger partial charge in [-0.2, -0.15) is 5.10 Å². The summed E-state index contributed by atoms with van der Waals surface area (Å²) in [4.78, 5) is 19.1. The molecular weight excluding hydrogens is 352 g/mol. The minimum absolute atomic E-state index is 0.0337. The maximum absolute atomic E-state index is 13.2. The Morgan fingerprint density at radius 1 is 1.21 bits per heavy atom. The Morgan fingerprint density at radius 2 is 2.11 bits per heavy atom. The van der Waals surface area contributed by atoms with Gasteiger partial charge in [-0.25, -0.2) is 9.67 Å². The van der Waals surface area contributed by atoms with E-state index in [4.69, 9.17) is 4.74 Å². The predicted molar refractivity (Wildman–Crippen MR) is 107 cm³/mol. The van der Waals surface area contributed by atoms with Gasteiger partial charge in [0.1, 0.15) is 18.4 Å². The van der Waals surface area contributed by atoms with E-state index in [9.17, 15) is 4.79 Å². The van der Waals surface area contributed by atoms with Gasteiger partial charge >= 0.3 is 0 Å². The fourth-order valence-electron chi connectivity index (χ4n) is 3.66. The third-order valence-electron chi connectivity index (χ3n) is 5.08. The number of para-hydroxylation sites is 1. The molecule has 144 valence electrons. The van der Waals surface area contributed by atoms with Crippen LogP contribution in [0.2, 0.25) is 0 Å². The predicted octanol–water partition coefficient (Wildman–Crippen LogP) is 3.51. The largest absolute Gasteiger partial charge is 0.493 e. The van der Waals surface area contributed by atoms with Crippen LogP contribution in [0.5, 0.6) is 5.75 Å². The van der Waals surface area contributed by atoms with Crippen LogP contribution in [0.1, 0.15) is 28.8 Å². The van der Waals surface area contributed by atoms with Crippen LogP contribution in [-0.2, 0) is 0 Å². The van der Waals surface area contributed by atoms with Crippen LogP contribution < -0.4 is 4.74 Å². The van der Waals surface area contributed by atoms with Crippen LogP contribution in [0, 0.1) is 12.8 Å². The summed E-state index contributed by atoms with van der Waals surface area (Å²) >= 11 is 0. The zero-order valence-corrected chi connectivity index (χ0v) is 16.0. The smallest absolute Gasteiger partial charge is 0.256 e. The Kier molecular flexibility index (Phi) is 5.37. The minimum atomic E-state index is 0.0337. The van der Waals surface area contributed by atoms with Gasteiger partial charge in [0.25, 0.3) is 5.91 Å². The van der Waals surface area contributed by atoms with Crippen LogP contribution in [0.4, 0.5) is 0 Å². The molecule has 1 saturated heterocycles. The summed E-state index contributed by atoms with van der Waals surface area (Å²) in [5, 5.41) is 4.17. The van der Waals surface area contributed by atoms with E-state index in [1.54, 1.807) is 11.0 Å². The van der Waals surface area contributed by atoms with Crippen molar-refractivity contribution in [1.29, 1.82) is 0 Å². The van der Waals surface area contributed by atoms with Gasteiger partial charge in [-0.05, 0) is 49.6 Å². The number of nitrogens with zero attached hydrogens (tertiary/aromatic N) is 4. The summed E-state index contributed by atoms with van der Waals surface area (Å²) < 4.78 is 7.62. The van der Waals surface area contributed by atoms with Crippen molar-refractivity contribution in [2.75, 3.05) is 19.7 Å². The quantitative estimate of drug-likeness (QED) is 0.684. The van der Waals surface area contributed by atoms with E-state index in [0.29, 0.717) is 24.6 Å². The number of aryl methyl sites for hydroxylation is 1. The average Bonchev–Trinajstić information content (AvgIpc) is 3.27. The average molecular weight is 376 g/mol. The Hall–Kier alpha value is -3.15. The number of amides is 1. The highest BCUT2D eigenvalue weighted by atomic mass is 16.5. The van der Waals surface area contributed by atoms with Crippen LogP contribution in [0.3, 0.4) is 0 Å². The molecule has 0 aliphatic carbocycles. The van der Waals surface area contributed by atoms with Crippen molar-refractivity contribution >= 4 is 5.91 Å². The maximum atomic E-state index is 13.2. The number of piperidine rings is 1. The molecule has 1 aliphatic rings. The van der Waals surface area contributed by atoms with Crippen LogP contribution in [0.25, 0.3) is 5.69 Å². The van der Waals surface area contributed by atoms with Crippen molar-refractivity contribution in [1.82, 2.24) is 19.7 Å². The normalized spacial score (nSPS) is 16.8. The van der Waals surface area contributed by atoms with Gasteiger partial charge in [-0.1, -0.05) is 24.3 Å². The van der Waals surface area contributed by atoms with E-state index in [-0.39, 0.29) is 5.91 Å². The highest BCUT2D eigenvalue weighted by Gasteiger charge is 2.26. The van der Waals surface area contributed by atoms with Gasteiger partial charge in [0.2, 0.25) is 0 Å². The fraction of sp³-hybridized carbons (Fsp3) is 0.318. The van der Waals surface area contributed by atoms with Crippen LogP contribution >= 0.6 is 0 Å². The lowest BCUT2D eigenvalue weighted by Crippen LogP contribution is -2.41. The summed E-state index contributed by atoms with van der Waals surface area (Å²) in [5.74, 6) is 1.25. The van der Waals surface area contributed by atoms with Crippen molar-refractivity contribution in [3.8, 4) is 11.4 Å². The molecule has 1 aromatic heterocycles. The summed E-state index contributed by atoms with van der Waals surface area (Å²) in [6, 6.07) is 15.6. The van der Waals surface area contributed by atoms with Gasteiger partial charge in [0.15, 0.2) is 0 Å². The Labute approximate surface area is 164 Å². The first-order valence-corrected chi connectivity index (χ1v) is 9.63. The molecule has 1 aliphatic heterocycles. The zero-order valence-electron chi connectivity index (χ0n) is 16.0. The van der Waals surface area contributed by atoms with E-state index in [2.05, 4.69) is 23.1 Å². The molecule has 2 aromatic carbocycles. The van der Waals surface area contributed by atoms with E-state index >= 15 is 0 Å². The molecule has 0 saturated carbocycles. The first-order chi connectivity index (χ1) is 13.7. The number of carbonyl (C=O) groups excluding carboxylic acids is 1. The first kappa shape index (κ1) is 18.2. The molecule has 6 heteroatoms. The van der Waals surface area contributed by atoms with Crippen molar-refractivity contribution < 1.29 is 9.53 Å². The van der Waals surface area contributed by atoms with Crippen LogP contribution in [-0.4, -0.2) is 45.3 Å². The molecule has 4 rings (SSSR count). The molecule has 1 fully saturated rings. The number of aromatic nitrogens is 3. The standard InChI is InChI=1S/C22H24N4O2/c1-17-6-4-8-19(12-17)28-14-18-7-5-11-25(13-18)22(27)20-9-2-3-10-21(20)26-16-23-15-24-26/h2-4,6,8-10,12,15-16,18H,5,7,11,13-14H2,1H3/t18-/m0/s1. The van der Waals surface area contributed by atoms with Gasteiger partial charge in [0.05, 0.1) is 17.9 Å². The molecule has 2 heterocycles. The van der Waals surface area contributed by atoms with Crippen molar-refractivity contribution in [3.05, 3.63) is 72.3 Å². The van der Waals surface area contributed by atoms with E-state index in [1.165, 1.54) is 11.9 Å². The van der Waals surface area contributed by atoms with Crippen molar-refractivity contribution in [2.24, 2.45) is 5.92 Å². The summed E-state index contributed by atoms with van der Waals surface area (Å²) in [6.07, 6.45) is 5.14. The van der Waals surface area contributed by atoms with E-state index in [0.717, 1.165) is 30.8 Å². The van der Waals surface area contributed by atoms with Crippen molar-refractivity contribution in [3.63, 3.8) is 0 Å². The molecular formula is C22H24N4O2. The fourth-order valence-corrected chi connectivity index (χ4v) is 3.66. The number of hydrogen-bond acceptors (Lipinski definition) is 4. The number of hydrogen-bond donors (Lipinski definition) is 0. The summed E-state index contributed by atoms with van der Waals surface area (Å²) in [7, 11) is 0. The summed E-state index contributed by atoms with van der Waals surface area (Å²) in [5.41, 5.74) is 2.58. The van der Waals surface area contributed by atoms with E-state index < -0.39 is 0 Å². The van der Waals surface area contributed by atoms with Crippen LogP contribution in [0.15, 0.2) is 61.2 Å². The Morgan fingerprint density at radius 3 is 2.93 bits per heavy atom. The van der Waals surface area contributed by atoms with Gasteiger partial charge in [-0.3, -0.25) is 4.79 Å². The number of rotatable bonds is 5. The molecule has 1 atom stereocenters. The molecule has 0 N–H and O–H groups in total. The molecule has 3 aromatic rings.